The van der Waals surface area contributed by atoms with Gasteiger partial charge in [0.2, 0.25) is 0 Å². The number of hydrogen-bond donors (Lipinski definition) is 2. The number of nitrogens with one attached hydrogen (secondary N) is 1. The molecule has 1 unspecified atom stereocenters. The lowest BCUT2D eigenvalue weighted by atomic mass is 9.93. The van der Waals surface area contributed by atoms with Crippen molar-refractivity contribution in [1.82, 2.24) is 0 Å². The predicted molar refractivity (Wildman–Crippen MR) is 127 cm³/mol. The van der Waals surface area contributed by atoms with Gasteiger partial charge in [-0.3, -0.25) is 9.52 Å². The van der Waals surface area contributed by atoms with Crippen LogP contribution in [0.2, 0.25) is 0 Å². The highest BCUT2D eigenvalue weighted by Crippen LogP contribution is 2.21. The number of carboxylic acids is 1. The molecular weight excluding hydrogens is 422 g/mol. The van der Waals surface area contributed by atoms with E-state index in [9.17, 15) is 18.3 Å². The van der Waals surface area contributed by atoms with E-state index in [0.717, 1.165) is 29.5 Å². The summed E-state index contributed by atoms with van der Waals surface area (Å²) in [5.41, 5.74) is 3.62. The lowest BCUT2D eigenvalue weighted by Gasteiger charge is -2.13. The van der Waals surface area contributed by atoms with Crippen molar-refractivity contribution in [2.24, 2.45) is 5.92 Å². The van der Waals surface area contributed by atoms with Crippen molar-refractivity contribution < 1.29 is 18.3 Å². The van der Waals surface area contributed by atoms with Crippen molar-refractivity contribution in [3.8, 4) is 0 Å². The summed E-state index contributed by atoms with van der Waals surface area (Å²) < 4.78 is 27.9. The zero-order valence-corrected chi connectivity index (χ0v) is 19.0. The number of carbonyl (C=O) groups is 1. The fourth-order valence-corrected chi connectivity index (χ4v) is 4.70. The molecule has 1 atom stereocenters. The fraction of sp³-hybridized carbons (Fsp3) is 0.269. The van der Waals surface area contributed by atoms with E-state index in [2.05, 4.69) is 4.72 Å². The van der Waals surface area contributed by atoms with Gasteiger partial charge in [0, 0.05) is 5.69 Å². The van der Waals surface area contributed by atoms with Crippen molar-refractivity contribution in [3.63, 3.8) is 0 Å². The topological polar surface area (TPSA) is 83.5 Å². The first-order valence-electron chi connectivity index (χ1n) is 10.8. The third-order valence-corrected chi connectivity index (χ3v) is 6.90. The number of aliphatic carboxylic acids is 1. The number of aryl methyl sites for hydroxylation is 3. The molecule has 0 aliphatic rings. The van der Waals surface area contributed by atoms with Crippen LogP contribution in [0.5, 0.6) is 0 Å². The largest absolute Gasteiger partial charge is 0.481 e. The third kappa shape index (κ3) is 6.95. The number of carboxylic acid groups (broad SMARTS) is 1. The minimum absolute atomic E-state index is 0.219. The van der Waals surface area contributed by atoms with Crippen LogP contribution in [-0.2, 0) is 27.7 Å². The van der Waals surface area contributed by atoms with Crippen molar-refractivity contribution in [2.75, 3.05) is 4.72 Å². The molecule has 2 N–H and O–H groups in total. The molecule has 0 aromatic heterocycles. The summed E-state index contributed by atoms with van der Waals surface area (Å²) >= 11 is 0. The molecule has 0 fully saturated rings. The van der Waals surface area contributed by atoms with Gasteiger partial charge in [0.05, 0.1) is 10.8 Å². The quantitative estimate of drug-likeness (QED) is 0.406. The van der Waals surface area contributed by atoms with E-state index < -0.39 is 21.9 Å². The van der Waals surface area contributed by atoms with Gasteiger partial charge in [-0.05, 0) is 74.4 Å². The Morgan fingerprint density at radius 1 is 0.875 bits per heavy atom. The van der Waals surface area contributed by atoms with Crippen LogP contribution in [0.25, 0.3) is 0 Å². The average Bonchev–Trinajstić information content (AvgIpc) is 2.77. The number of hydrogen-bond acceptors (Lipinski definition) is 3. The molecule has 3 rings (SSSR count). The zero-order valence-electron chi connectivity index (χ0n) is 18.2. The maximum absolute atomic E-state index is 12.6. The number of anilines is 1. The van der Waals surface area contributed by atoms with Gasteiger partial charge in [-0.25, -0.2) is 8.42 Å². The Morgan fingerprint density at radius 2 is 1.56 bits per heavy atom. The second kappa shape index (κ2) is 11.0. The molecule has 0 bridgehead atoms. The summed E-state index contributed by atoms with van der Waals surface area (Å²) in [4.78, 5) is 11.9. The Bertz CT molecular complexity index is 1130. The predicted octanol–water partition coefficient (Wildman–Crippen LogP) is 5.45. The van der Waals surface area contributed by atoms with Gasteiger partial charge in [-0.2, -0.15) is 0 Å². The van der Waals surface area contributed by atoms with E-state index in [1.165, 1.54) is 0 Å². The SMILES string of the molecule is Cc1ccc(S(=O)(=O)Nc2cccc(CCCC(CCc3ccccc3)C(=O)O)c2)cc1. The summed E-state index contributed by atoms with van der Waals surface area (Å²) in [7, 11) is -3.65. The van der Waals surface area contributed by atoms with E-state index in [0.29, 0.717) is 24.9 Å². The second-order valence-electron chi connectivity index (χ2n) is 8.07. The summed E-state index contributed by atoms with van der Waals surface area (Å²) in [6.45, 7) is 1.91. The minimum atomic E-state index is -3.65. The van der Waals surface area contributed by atoms with Crippen LogP contribution < -0.4 is 4.72 Å². The van der Waals surface area contributed by atoms with Crippen LogP contribution in [0.3, 0.4) is 0 Å². The van der Waals surface area contributed by atoms with E-state index in [1.54, 1.807) is 30.3 Å². The molecule has 0 amide bonds. The Morgan fingerprint density at radius 3 is 2.25 bits per heavy atom. The molecule has 168 valence electrons. The number of sulfonamides is 1. The van der Waals surface area contributed by atoms with E-state index in [4.69, 9.17) is 0 Å². The molecule has 0 spiro atoms. The Hall–Kier alpha value is -3.12. The molecule has 0 radical (unpaired) electrons. The van der Waals surface area contributed by atoms with Gasteiger partial charge >= 0.3 is 5.97 Å². The van der Waals surface area contributed by atoms with E-state index in [1.807, 2.05) is 55.5 Å². The lowest BCUT2D eigenvalue weighted by molar-refractivity contribution is -0.142. The van der Waals surface area contributed by atoms with Gasteiger partial charge in [0.15, 0.2) is 0 Å². The highest BCUT2D eigenvalue weighted by Gasteiger charge is 2.17. The molecular formula is C26H29NO4S. The Balaban J connectivity index is 1.55. The van der Waals surface area contributed by atoms with Gasteiger partial charge < -0.3 is 5.11 Å². The molecule has 32 heavy (non-hydrogen) atoms. The van der Waals surface area contributed by atoms with Crippen molar-refractivity contribution in [2.45, 2.75) is 43.9 Å². The summed E-state index contributed by atoms with van der Waals surface area (Å²) in [5.74, 6) is -1.15. The number of benzene rings is 3. The van der Waals surface area contributed by atoms with Gasteiger partial charge in [0.25, 0.3) is 10.0 Å². The minimum Gasteiger partial charge on any atom is -0.481 e. The summed E-state index contributed by atoms with van der Waals surface area (Å²) in [6, 6.07) is 23.9. The molecule has 0 saturated carbocycles. The smallest absolute Gasteiger partial charge is 0.306 e. The maximum Gasteiger partial charge on any atom is 0.306 e. The molecule has 0 heterocycles. The number of rotatable bonds is 11. The van der Waals surface area contributed by atoms with Crippen molar-refractivity contribution in [1.29, 1.82) is 0 Å². The average molecular weight is 452 g/mol. The summed E-state index contributed by atoms with van der Waals surface area (Å²) in [6.07, 6.45) is 3.35. The molecule has 3 aromatic rings. The Kier molecular flexibility index (Phi) is 8.06. The lowest BCUT2D eigenvalue weighted by Crippen LogP contribution is -2.15. The highest BCUT2D eigenvalue weighted by molar-refractivity contribution is 7.92. The second-order valence-corrected chi connectivity index (χ2v) is 9.75. The normalized spacial score (nSPS) is 12.3. The standard InChI is InChI=1S/C26H29NO4S/c1-20-13-17-25(18-14-20)32(30,31)27-24-12-6-10-22(19-24)9-5-11-23(26(28)29)16-15-21-7-3-2-4-8-21/h2-4,6-8,10,12-14,17-19,23,27H,5,9,11,15-16H2,1H3,(H,28,29). The third-order valence-electron chi connectivity index (χ3n) is 5.50. The molecule has 5 nitrogen and oxygen atoms in total. The first-order valence-corrected chi connectivity index (χ1v) is 12.3. The Labute approximate surface area is 190 Å². The van der Waals surface area contributed by atoms with Gasteiger partial charge in [-0.1, -0.05) is 60.2 Å². The summed E-state index contributed by atoms with van der Waals surface area (Å²) in [5, 5.41) is 9.57. The molecule has 0 aliphatic carbocycles. The van der Waals surface area contributed by atoms with E-state index >= 15 is 0 Å². The molecule has 0 aliphatic heterocycles. The molecule has 0 saturated heterocycles. The molecule has 3 aromatic carbocycles. The van der Waals surface area contributed by atoms with Crippen LogP contribution in [0.15, 0.2) is 83.8 Å². The van der Waals surface area contributed by atoms with Crippen LogP contribution in [-0.4, -0.2) is 19.5 Å². The van der Waals surface area contributed by atoms with Crippen LogP contribution in [0.4, 0.5) is 5.69 Å². The molecule has 6 heteroatoms. The van der Waals surface area contributed by atoms with Crippen LogP contribution in [0, 0.1) is 12.8 Å². The highest BCUT2D eigenvalue weighted by atomic mass is 32.2. The maximum atomic E-state index is 12.6. The van der Waals surface area contributed by atoms with Gasteiger partial charge in [0.1, 0.15) is 0 Å². The van der Waals surface area contributed by atoms with E-state index in [-0.39, 0.29) is 4.90 Å². The monoisotopic (exact) mass is 451 g/mol. The fourth-order valence-electron chi connectivity index (χ4n) is 3.65. The van der Waals surface area contributed by atoms with Crippen LogP contribution >= 0.6 is 0 Å². The van der Waals surface area contributed by atoms with Crippen molar-refractivity contribution in [3.05, 3.63) is 95.6 Å². The van der Waals surface area contributed by atoms with Gasteiger partial charge in [-0.15, -0.1) is 0 Å². The first-order chi connectivity index (χ1) is 15.3. The van der Waals surface area contributed by atoms with Crippen molar-refractivity contribution >= 4 is 21.7 Å². The van der Waals surface area contributed by atoms with Crippen LogP contribution in [0.1, 0.15) is 36.0 Å². The zero-order chi connectivity index (χ0) is 23.0. The first kappa shape index (κ1) is 23.5.